The van der Waals surface area contributed by atoms with Crippen molar-refractivity contribution in [1.82, 2.24) is 5.32 Å². The van der Waals surface area contributed by atoms with Crippen molar-refractivity contribution in [1.29, 1.82) is 0 Å². The van der Waals surface area contributed by atoms with E-state index in [-0.39, 0.29) is 24.4 Å². The highest BCUT2D eigenvalue weighted by Gasteiger charge is 2.31. The zero-order valence-electron chi connectivity index (χ0n) is 14.1. The first-order chi connectivity index (χ1) is 12.2. The van der Waals surface area contributed by atoms with E-state index in [1.54, 1.807) is 4.90 Å². The number of hydrogen-bond acceptors (Lipinski definition) is 3. The quantitative estimate of drug-likeness (QED) is 0.880. The molecular formula is C19H21N3O3. The van der Waals surface area contributed by atoms with Crippen LogP contribution in [0.15, 0.2) is 54.6 Å². The van der Waals surface area contributed by atoms with Gasteiger partial charge in [0.15, 0.2) is 0 Å². The Balaban J connectivity index is 1.57. The molecule has 6 nitrogen and oxygen atoms in total. The average Bonchev–Trinajstić information content (AvgIpc) is 2.97. The fourth-order valence-electron chi connectivity index (χ4n) is 2.82. The highest BCUT2D eigenvalue weighted by molar-refractivity contribution is 5.97. The van der Waals surface area contributed by atoms with Gasteiger partial charge in [-0.1, -0.05) is 18.2 Å². The van der Waals surface area contributed by atoms with E-state index in [1.807, 2.05) is 61.5 Å². The molecule has 0 aromatic heterocycles. The van der Waals surface area contributed by atoms with E-state index < -0.39 is 0 Å². The normalized spacial score (nSPS) is 16.6. The van der Waals surface area contributed by atoms with E-state index in [4.69, 9.17) is 4.74 Å². The van der Waals surface area contributed by atoms with Gasteiger partial charge in [0.2, 0.25) is 5.91 Å². The Kier molecular flexibility index (Phi) is 5.18. The van der Waals surface area contributed by atoms with Crippen LogP contribution in [0.1, 0.15) is 13.3 Å². The van der Waals surface area contributed by atoms with E-state index >= 15 is 0 Å². The van der Waals surface area contributed by atoms with Crippen LogP contribution in [-0.2, 0) is 4.79 Å². The second kappa shape index (κ2) is 7.70. The molecule has 1 saturated heterocycles. The van der Waals surface area contributed by atoms with Crippen LogP contribution in [0.3, 0.4) is 0 Å². The molecule has 1 atom stereocenters. The van der Waals surface area contributed by atoms with Crippen molar-refractivity contribution >= 4 is 23.3 Å². The van der Waals surface area contributed by atoms with Crippen LogP contribution in [0.5, 0.6) is 5.75 Å². The van der Waals surface area contributed by atoms with Gasteiger partial charge in [0.25, 0.3) is 0 Å². The molecule has 130 valence electrons. The summed E-state index contributed by atoms with van der Waals surface area (Å²) < 4.78 is 5.41. The van der Waals surface area contributed by atoms with Crippen LogP contribution in [-0.4, -0.2) is 31.1 Å². The molecule has 2 aromatic carbocycles. The van der Waals surface area contributed by atoms with Crippen molar-refractivity contribution in [3.63, 3.8) is 0 Å². The molecule has 0 saturated carbocycles. The van der Waals surface area contributed by atoms with Crippen molar-refractivity contribution in [3.05, 3.63) is 54.6 Å². The van der Waals surface area contributed by atoms with E-state index in [0.717, 1.165) is 11.4 Å². The third-order valence-electron chi connectivity index (χ3n) is 3.95. The summed E-state index contributed by atoms with van der Waals surface area (Å²) in [5, 5.41) is 5.62. The van der Waals surface area contributed by atoms with Gasteiger partial charge in [-0.05, 0) is 43.3 Å². The van der Waals surface area contributed by atoms with E-state index in [9.17, 15) is 9.59 Å². The van der Waals surface area contributed by atoms with Crippen molar-refractivity contribution in [2.45, 2.75) is 19.4 Å². The lowest BCUT2D eigenvalue weighted by atomic mass is 10.2. The third-order valence-corrected chi connectivity index (χ3v) is 3.95. The van der Waals surface area contributed by atoms with Crippen LogP contribution < -0.4 is 20.3 Å². The molecule has 0 spiro atoms. The fraction of sp³-hybridized carbons (Fsp3) is 0.263. The highest BCUT2D eigenvalue weighted by atomic mass is 16.5. The minimum Gasteiger partial charge on any atom is -0.494 e. The van der Waals surface area contributed by atoms with Gasteiger partial charge in [-0.3, -0.25) is 4.79 Å². The predicted octanol–water partition coefficient (Wildman–Crippen LogP) is 3.01. The van der Waals surface area contributed by atoms with Crippen LogP contribution in [0.25, 0.3) is 0 Å². The summed E-state index contributed by atoms with van der Waals surface area (Å²) >= 11 is 0. The summed E-state index contributed by atoms with van der Waals surface area (Å²) in [4.78, 5) is 26.0. The number of ether oxygens (including phenoxy) is 1. The Morgan fingerprint density at radius 3 is 2.56 bits per heavy atom. The molecule has 1 aliphatic heterocycles. The summed E-state index contributed by atoms with van der Waals surface area (Å²) in [5.41, 5.74) is 1.52. The van der Waals surface area contributed by atoms with Gasteiger partial charge in [-0.15, -0.1) is 0 Å². The Morgan fingerprint density at radius 2 is 1.88 bits per heavy atom. The molecule has 25 heavy (non-hydrogen) atoms. The first-order valence-electron chi connectivity index (χ1n) is 8.31. The Morgan fingerprint density at radius 1 is 1.16 bits per heavy atom. The monoisotopic (exact) mass is 339 g/mol. The number of anilines is 2. The summed E-state index contributed by atoms with van der Waals surface area (Å²) in [6, 6.07) is 16.1. The van der Waals surface area contributed by atoms with Crippen molar-refractivity contribution in [2.24, 2.45) is 0 Å². The second-order valence-corrected chi connectivity index (χ2v) is 5.80. The number of carbonyl (C=O) groups is 2. The number of nitrogens with one attached hydrogen (secondary N) is 2. The number of carbonyl (C=O) groups excluding carboxylic acids is 2. The van der Waals surface area contributed by atoms with Crippen LogP contribution in [0.2, 0.25) is 0 Å². The molecule has 3 rings (SSSR count). The molecule has 2 aromatic rings. The van der Waals surface area contributed by atoms with E-state index in [0.29, 0.717) is 18.8 Å². The Labute approximate surface area is 146 Å². The first-order valence-corrected chi connectivity index (χ1v) is 8.31. The Bertz CT molecular complexity index is 731. The van der Waals surface area contributed by atoms with Crippen molar-refractivity contribution in [3.8, 4) is 5.75 Å². The molecule has 0 bridgehead atoms. The lowest BCUT2D eigenvalue weighted by molar-refractivity contribution is -0.117. The second-order valence-electron chi connectivity index (χ2n) is 5.80. The van der Waals surface area contributed by atoms with Crippen molar-refractivity contribution < 1.29 is 14.3 Å². The van der Waals surface area contributed by atoms with Crippen LogP contribution >= 0.6 is 0 Å². The zero-order valence-corrected chi connectivity index (χ0v) is 14.1. The zero-order chi connectivity index (χ0) is 17.6. The Hall–Kier alpha value is -3.02. The van der Waals surface area contributed by atoms with Gasteiger partial charge in [-0.2, -0.15) is 0 Å². The topological polar surface area (TPSA) is 70.7 Å². The number of nitrogens with zero attached hydrogens (tertiary/aromatic N) is 1. The molecule has 3 amide bonds. The van der Waals surface area contributed by atoms with Gasteiger partial charge in [0.1, 0.15) is 5.75 Å². The maximum atomic E-state index is 12.3. The molecule has 0 aliphatic carbocycles. The summed E-state index contributed by atoms with van der Waals surface area (Å²) in [7, 11) is 0. The van der Waals surface area contributed by atoms with Crippen LogP contribution in [0.4, 0.5) is 16.2 Å². The number of hydrogen-bond donors (Lipinski definition) is 2. The average molecular weight is 339 g/mol. The molecule has 0 radical (unpaired) electrons. The molecule has 1 heterocycles. The fourth-order valence-corrected chi connectivity index (χ4v) is 2.82. The molecule has 1 aliphatic rings. The molecule has 6 heteroatoms. The minimum absolute atomic E-state index is 0.00540. The predicted molar refractivity (Wildman–Crippen MR) is 97.0 cm³/mol. The summed E-state index contributed by atoms with van der Waals surface area (Å²) in [5.74, 6) is 0.768. The van der Waals surface area contributed by atoms with Gasteiger partial charge in [-0.25, -0.2) is 4.79 Å². The SMILES string of the molecule is CCOc1ccc(N2CC(NC(=O)Nc3ccccc3)CC2=O)cc1. The van der Waals surface area contributed by atoms with Gasteiger partial charge < -0.3 is 20.3 Å². The molecule has 1 unspecified atom stereocenters. The maximum Gasteiger partial charge on any atom is 0.319 e. The smallest absolute Gasteiger partial charge is 0.319 e. The van der Waals surface area contributed by atoms with Crippen molar-refractivity contribution in [2.75, 3.05) is 23.4 Å². The summed E-state index contributed by atoms with van der Waals surface area (Å²) in [6.45, 7) is 2.98. The largest absolute Gasteiger partial charge is 0.494 e. The lowest BCUT2D eigenvalue weighted by Crippen LogP contribution is -2.39. The van der Waals surface area contributed by atoms with E-state index in [1.165, 1.54) is 0 Å². The first kappa shape index (κ1) is 16.8. The maximum absolute atomic E-state index is 12.3. The molecule has 1 fully saturated rings. The number of amides is 3. The highest BCUT2D eigenvalue weighted by Crippen LogP contribution is 2.24. The summed E-state index contributed by atoms with van der Waals surface area (Å²) in [6.07, 6.45) is 0.287. The minimum atomic E-state index is -0.308. The number of para-hydroxylation sites is 1. The molecular weight excluding hydrogens is 318 g/mol. The van der Waals surface area contributed by atoms with Gasteiger partial charge >= 0.3 is 6.03 Å². The van der Waals surface area contributed by atoms with E-state index in [2.05, 4.69) is 10.6 Å². The number of rotatable bonds is 5. The third kappa shape index (κ3) is 4.29. The standard InChI is InChI=1S/C19H21N3O3/c1-2-25-17-10-8-16(9-11-17)22-13-15(12-18(22)23)21-19(24)20-14-6-4-3-5-7-14/h3-11,15H,2,12-13H2,1H3,(H2,20,21,24). The number of urea groups is 1. The lowest BCUT2D eigenvalue weighted by Gasteiger charge is -2.18. The van der Waals surface area contributed by atoms with Gasteiger partial charge in [0.05, 0.1) is 12.6 Å². The molecule has 2 N–H and O–H groups in total. The number of benzene rings is 2. The van der Waals surface area contributed by atoms with Crippen LogP contribution in [0, 0.1) is 0 Å². The van der Waals surface area contributed by atoms with Gasteiger partial charge in [0, 0.05) is 24.3 Å².